The van der Waals surface area contributed by atoms with Gasteiger partial charge in [0.25, 0.3) is 11.8 Å². The summed E-state index contributed by atoms with van der Waals surface area (Å²) in [5, 5.41) is 12.5. The summed E-state index contributed by atoms with van der Waals surface area (Å²) in [6, 6.07) is 14.7. The summed E-state index contributed by atoms with van der Waals surface area (Å²) < 4.78 is 0. The van der Waals surface area contributed by atoms with Crippen molar-refractivity contribution in [1.82, 2.24) is 26.6 Å². The van der Waals surface area contributed by atoms with Gasteiger partial charge in [-0.2, -0.15) is 0 Å². The van der Waals surface area contributed by atoms with Crippen molar-refractivity contribution in [2.24, 2.45) is 0 Å². The van der Waals surface area contributed by atoms with Crippen molar-refractivity contribution in [3.63, 3.8) is 0 Å². The number of benzene rings is 2. The predicted octanol–water partition coefficient (Wildman–Crippen LogP) is -0.739. The quantitative estimate of drug-likeness (QED) is 0.169. The molecule has 0 aromatic heterocycles. The van der Waals surface area contributed by atoms with Gasteiger partial charge in [-0.25, -0.2) is 4.90 Å². The second kappa shape index (κ2) is 16.2. The standard InChI is InChI=1S/C30H34N6O7/c1-2-31-25(38)18-34-30(43)23(16-21-6-4-3-5-7-21)35-27(40)19-33-26(39)17-32-24(37)13-10-20-8-11-22(12-9-20)36-28(41)14-15-29(36)42/h3-9,11-12,14-15,23H,2,10,13,16-19H2,1H3,(H,31,38)(H,32,37)(H,33,39)(H,34,43)(H,35,40). The third-order valence-electron chi connectivity index (χ3n) is 6.27. The number of amides is 7. The van der Waals surface area contributed by atoms with E-state index in [9.17, 15) is 33.6 Å². The van der Waals surface area contributed by atoms with E-state index in [1.807, 2.05) is 6.07 Å². The van der Waals surface area contributed by atoms with Gasteiger partial charge in [0, 0.05) is 31.5 Å². The molecule has 0 bridgehead atoms. The fourth-order valence-electron chi connectivity index (χ4n) is 4.09. The zero-order valence-corrected chi connectivity index (χ0v) is 23.7. The molecule has 0 radical (unpaired) electrons. The lowest BCUT2D eigenvalue weighted by molar-refractivity contribution is -0.131. The molecule has 5 N–H and O–H groups in total. The molecule has 43 heavy (non-hydrogen) atoms. The molecule has 1 unspecified atom stereocenters. The molecular formula is C30H34N6O7. The van der Waals surface area contributed by atoms with Crippen molar-refractivity contribution in [1.29, 1.82) is 0 Å². The van der Waals surface area contributed by atoms with Gasteiger partial charge in [-0.05, 0) is 36.6 Å². The van der Waals surface area contributed by atoms with Gasteiger partial charge in [0.05, 0.1) is 25.3 Å². The van der Waals surface area contributed by atoms with Gasteiger partial charge >= 0.3 is 0 Å². The molecular weight excluding hydrogens is 556 g/mol. The molecule has 2 aromatic carbocycles. The fourth-order valence-corrected chi connectivity index (χ4v) is 4.09. The van der Waals surface area contributed by atoms with Crippen LogP contribution in [0.25, 0.3) is 0 Å². The van der Waals surface area contributed by atoms with Gasteiger partial charge in [-0.3, -0.25) is 33.6 Å². The molecule has 0 aliphatic carbocycles. The Bertz CT molecular complexity index is 1360. The molecule has 0 fully saturated rings. The van der Waals surface area contributed by atoms with E-state index in [1.165, 1.54) is 12.2 Å². The highest BCUT2D eigenvalue weighted by atomic mass is 16.2. The van der Waals surface area contributed by atoms with E-state index in [0.717, 1.165) is 16.0 Å². The molecule has 2 aromatic rings. The fraction of sp³-hybridized carbons (Fsp3) is 0.300. The van der Waals surface area contributed by atoms with Crippen LogP contribution < -0.4 is 31.5 Å². The van der Waals surface area contributed by atoms with Crippen LogP contribution in [0.5, 0.6) is 0 Å². The van der Waals surface area contributed by atoms with Crippen molar-refractivity contribution in [3.8, 4) is 0 Å². The molecule has 1 atom stereocenters. The number of hydrogen-bond donors (Lipinski definition) is 5. The van der Waals surface area contributed by atoms with Crippen molar-refractivity contribution in [3.05, 3.63) is 77.9 Å². The third kappa shape index (κ3) is 10.5. The Kier molecular flexibility index (Phi) is 12.1. The topological polar surface area (TPSA) is 183 Å². The number of rotatable bonds is 15. The van der Waals surface area contributed by atoms with Crippen LogP contribution in [0.4, 0.5) is 5.69 Å². The van der Waals surface area contributed by atoms with Gasteiger partial charge in [0.2, 0.25) is 29.5 Å². The van der Waals surface area contributed by atoms with E-state index in [0.29, 0.717) is 18.7 Å². The van der Waals surface area contributed by atoms with Crippen LogP contribution in [0.1, 0.15) is 24.5 Å². The van der Waals surface area contributed by atoms with E-state index in [2.05, 4.69) is 26.6 Å². The lowest BCUT2D eigenvalue weighted by Crippen LogP contribution is -2.52. The third-order valence-corrected chi connectivity index (χ3v) is 6.27. The van der Waals surface area contributed by atoms with Crippen molar-refractivity contribution >= 4 is 47.0 Å². The second-order valence-corrected chi connectivity index (χ2v) is 9.55. The molecule has 1 aliphatic rings. The van der Waals surface area contributed by atoms with Gasteiger partial charge in [-0.1, -0.05) is 42.5 Å². The average Bonchev–Trinajstić information content (AvgIpc) is 3.34. The van der Waals surface area contributed by atoms with Crippen molar-refractivity contribution in [2.45, 2.75) is 32.2 Å². The summed E-state index contributed by atoms with van der Waals surface area (Å²) in [4.78, 5) is 86.0. The molecule has 13 nitrogen and oxygen atoms in total. The summed E-state index contributed by atoms with van der Waals surface area (Å²) in [5.74, 6) is -3.35. The molecule has 0 spiro atoms. The predicted molar refractivity (Wildman–Crippen MR) is 156 cm³/mol. The first-order chi connectivity index (χ1) is 20.7. The summed E-state index contributed by atoms with van der Waals surface area (Å²) in [5.41, 5.74) is 2.02. The highest BCUT2D eigenvalue weighted by Crippen LogP contribution is 2.20. The first kappa shape index (κ1) is 32.2. The van der Waals surface area contributed by atoms with Crippen LogP contribution in [0.2, 0.25) is 0 Å². The van der Waals surface area contributed by atoms with E-state index >= 15 is 0 Å². The Balaban J connectivity index is 1.39. The number of likely N-dealkylation sites (N-methyl/N-ethyl adjacent to an activating group) is 1. The van der Waals surface area contributed by atoms with Gasteiger partial charge in [0.15, 0.2) is 0 Å². The SMILES string of the molecule is CCNC(=O)CNC(=O)C(Cc1ccccc1)NC(=O)CNC(=O)CNC(=O)CCc1ccc(N2C(=O)C=CC2=O)cc1. The Morgan fingerprint density at radius 2 is 1.26 bits per heavy atom. The summed E-state index contributed by atoms with van der Waals surface area (Å²) in [7, 11) is 0. The van der Waals surface area contributed by atoms with Crippen LogP contribution in [-0.2, 0) is 46.4 Å². The van der Waals surface area contributed by atoms with E-state index in [4.69, 9.17) is 0 Å². The first-order valence-corrected chi connectivity index (χ1v) is 13.7. The number of nitrogens with zero attached hydrogens (tertiary/aromatic N) is 1. The minimum Gasteiger partial charge on any atom is -0.355 e. The normalized spacial score (nSPS) is 12.8. The number of hydrogen-bond acceptors (Lipinski definition) is 7. The van der Waals surface area contributed by atoms with Gasteiger partial charge < -0.3 is 26.6 Å². The Hall–Kier alpha value is -5.33. The number of aryl methyl sites for hydroxylation is 1. The number of carbonyl (C=O) groups excluding carboxylic acids is 7. The van der Waals surface area contributed by atoms with Crippen LogP contribution in [0.15, 0.2) is 66.7 Å². The van der Waals surface area contributed by atoms with Crippen LogP contribution in [0.3, 0.4) is 0 Å². The zero-order valence-electron chi connectivity index (χ0n) is 23.7. The average molecular weight is 591 g/mol. The van der Waals surface area contributed by atoms with Crippen LogP contribution >= 0.6 is 0 Å². The number of imide groups is 1. The molecule has 7 amide bonds. The Morgan fingerprint density at radius 1 is 0.674 bits per heavy atom. The first-order valence-electron chi connectivity index (χ1n) is 13.7. The Labute approximate surface area is 248 Å². The molecule has 0 saturated carbocycles. The number of anilines is 1. The van der Waals surface area contributed by atoms with E-state index in [-0.39, 0.29) is 37.7 Å². The van der Waals surface area contributed by atoms with Gasteiger partial charge in [0.1, 0.15) is 6.04 Å². The number of nitrogens with one attached hydrogen (secondary N) is 5. The Morgan fingerprint density at radius 3 is 1.91 bits per heavy atom. The van der Waals surface area contributed by atoms with Crippen LogP contribution in [0, 0.1) is 0 Å². The maximum atomic E-state index is 12.7. The summed E-state index contributed by atoms with van der Waals surface area (Å²) >= 11 is 0. The van der Waals surface area contributed by atoms with Crippen LogP contribution in [-0.4, -0.2) is 73.6 Å². The maximum Gasteiger partial charge on any atom is 0.258 e. The molecule has 226 valence electrons. The van der Waals surface area contributed by atoms with E-state index < -0.39 is 42.1 Å². The molecule has 0 saturated heterocycles. The maximum absolute atomic E-state index is 12.7. The summed E-state index contributed by atoms with van der Waals surface area (Å²) in [6.45, 7) is 1.15. The largest absolute Gasteiger partial charge is 0.355 e. The highest BCUT2D eigenvalue weighted by molar-refractivity contribution is 6.28. The number of carbonyl (C=O) groups is 7. The van der Waals surface area contributed by atoms with E-state index in [1.54, 1.807) is 55.5 Å². The monoisotopic (exact) mass is 590 g/mol. The molecule has 13 heteroatoms. The minimum atomic E-state index is -0.983. The van der Waals surface area contributed by atoms with Crippen molar-refractivity contribution < 1.29 is 33.6 Å². The molecule has 1 aliphatic heterocycles. The zero-order chi connectivity index (χ0) is 31.2. The molecule has 1 heterocycles. The smallest absolute Gasteiger partial charge is 0.258 e. The van der Waals surface area contributed by atoms with Crippen molar-refractivity contribution in [2.75, 3.05) is 31.1 Å². The highest BCUT2D eigenvalue weighted by Gasteiger charge is 2.25. The lowest BCUT2D eigenvalue weighted by Gasteiger charge is -2.19. The summed E-state index contributed by atoms with van der Waals surface area (Å²) in [6.07, 6.45) is 3.02. The minimum absolute atomic E-state index is 0.0861. The molecule has 3 rings (SSSR count). The van der Waals surface area contributed by atoms with Gasteiger partial charge in [-0.15, -0.1) is 0 Å². The second-order valence-electron chi connectivity index (χ2n) is 9.55. The lowest BCUT2D eigenvalue weighted by atomic mass is 10.1.